The maximum Gasteiger partial charge on any atom is 0.416 e. The van der Waals surface area contributed by atoms with Crippen LogP contribution >= 0.6 is 12.2 Å². The summed E-state index contributed by atoms with van der Waals surface area (Å²) in [5.41, 5.74) is -4.18. The number of anilines is 1. The molecule has 25 heavy (non-hydrogen) atoms. The lowest BCUT2D eigenvalue weighted by Gasteiger charge is -2.15. The van der Waals surface area contributed by atoms with Gasteiger partial charge in [0.2, 0.25) is 0 Å². The summed E-state index contributed by atoms with van der Waals surface area (Å²) in [4.78, 5) is -0.519. The van der Waals surface area contributed by atoms with Crippen LogP contribution in [-0.2, 0) is 12.4 Å². The second kappa shape index (κ2) is 7.57. The fourth-order valence-corrected chi connectivity index (χ4v) is 1.99. The summed E-state index contributed by atoms with van der Waals surface area (Å²) < 4.78 is 76.7. The van der Waals surface area contributed by atoms with Crippen molar-refractivity contribution in [2.24, 2.45) is 0 Å². The van der Waals surface area contributed by atoms with Crippen molar-refractivity contribution < 1.29 is 31.4 Å². The van der Waals surface area contributed by atoms with E-state index in [-0.39, 0.29) is 12.5 Å². The number of allylic oxidation sites excluding steroid dienone is 1. The average Bonchev–Trinajstić information content (AvgIpc) is 2.46. The Morgan fingerprint density at radius 3 is 2.00 bits per heavy atom. The molecule has 0 spiro atoms. The third-order valence-electron chi connectivity index (χ3n) is 2.81. The molecule has 0 atom stereocenters. The second-order valence-electron chi connectivity index (χ2n) is 4.67. The Bertz CT molecular complexity index is 727. The van der Waals surface area contributed by atoms with E-state index >= 15 is 0 Å². The Hall–Kier alpha value is -2.54. The molecule has 0 fully saturated rings. The molecule has 1 aromatic rings. The highest BCUT2D eigenvalue weighted by Crippen LogP contribution is 2.37. The molecule has 10 heteroatoms. The number of alkyl halides is 6. The van der Waals surface area contributed by atoms with Crippen molar-refractivity contribution in [1.82, 2.24) is 0 Å². The number of nitrogens with one attached hydrogen (secondary N) is 1. The zero-order chi connectivity index (χ0) is 19.4. The standard InChI is InChI=1S/C15H10F6N2OS/c1-2-3-12(24)11(7-22)13(25)23-10-5-8(14(16,17)18)4-9(6-10)15(19,20)21/h2,4-6,24H,1,3H2,(H,23,25). The molecule has 1 aromatic carbocycles. The van der Waals surface area contributed by atoms with Crippen molar-refractivity contribution in [2.75, 3.05) is 5.32 Å². The molecular weight excluding hydrogens is 370 g/mol. The van der Waals surface area contributed by atoms with Gasteiger partial charge in [0.05, 0.1) is 11.1 Å². The van der Waals surface area contributed by atoms with Crippen LogP contribution in [0.25, 0.3) is 0 Å². The molecule has 0 saturated heterocycles. The van der Waals surface area contributed by atoms with E-state index in [0.29, 0.717) is 12.1 Å². The number of thiocarbonyl (C=S) groups is 1. The van der Waals surface area contributed by atoms with Crippen molar-refractivity contribution in [3.05, 3.63) is 53.3 Å². The first kappa shape index (κ1) is 20.5. The summed E-state index contributed by atoms with van der Waals surface area (Å²) in [5, 5.41) is 20.7. The van der Waals surface area contributed by atoms with Crippen molar-refractivity contribution in [2.45, 2.75) is 18.8 Å². The third kappa shape index (κ3) is 5.49. The fourth-order valence-electron chi connectivity index (χ4n) is 1.71. The van der Waals surface area contributed by atoms with Gasteiger partial charge in [0.15, 0.2) is 0 Å². The van der Waals surface area contributed by atoms with Crippen molar-refractivity contribution in [3.8, 4) is 6.07 Å². The Labute approximate surface area is 143 Å². The largest absolute Gasteiger partial charge is 0.510 e. The molecule has 0 amide bonds. The van der Waals surface area contributed by atoms with E-state index in [9.17, 15) is 31.4 Å². The van der Waals surface area contributed by atoms with Crippen LogP contribution in [0.4, 0.5) is 32.0 Å². The Morgan fingerprint density at radius 1 is 1.16 bits per heavy atom. The summed E-state index contributed by atoms with van der Waals surface area (Å²) in [6.07, 6.45) is -8.95. The van der Waals surface area contributed by atoms with E-state index in [0.717, 1.165) is 0 Å². The number of hydrogen-bond donors (Lipinski definition) is 2. The highest BCUT2D eigenvalue weighted by molar-refractivity contribution is 7.81. The van der Waals surface area contributed by atoms with Crippen LogP contribution < -0.4 is 5.32 Å². The number of halogens is 6. The lowest BCUT2D eigenvalue weighted by molar-refractivity contribution is -0.143. The Morgan fingerprint density at radius 2 is 1.64 bits per heavy atom. The van der Waals surface area contributed by atoms with Crippen LogP contribution in [0.1, 0.15) is 17.5 Å². The van der Waals surface area contributed by atoms with Gasteiger partial charge in [0.1, 0.15) is 22.4 Å². The molecule has 0 saturated carbocycles. The summed E-state index contributed by atoms with van der Waals surface area (Å²) in [6.45, 7) is 3.32. The summed E-state index contributed by atoms with van der Waals surface area (Å²) >= 11 is 4.77. The number of hydrogen-bond acceptors (Lipinski definition) is 3. The molecule has 3 nitrogen and oxygen atoms in total. The molecule has 0 radical (unpaired) electrons. The molecule has 2 N–H and O–H groups in total. The molecule has 0 aromatic heterocycles. The first-order chi connectivity index (χ1) is 11.4. The van der Waals surface area contributed by atoms with Crippen LogP contribution in [-0.4, -0.2) is 10.1 Å². The van der Waals surface area contributed by atoms with E-state index < -0.39 is 45.5 Å². The highest BCUT2D eigenvalue weighted by atomic mass is 32.1. The summed E-state index contributed by atoms with van der Waals surface area (Å²) in [7, 11) is 0. The van der Waals surface area contributed by atoms with Gasteiger partial charge < -0.3 is 10.4 Å². The average molecular weight is 380 g/mol. The third-order valence-corrected chi connectivity index (χ3v) is 3.12. The number of aliphatic hydroxyl groups excluding tert-OH is 1. The maximum absolute atomic E-state index is 12.8. The molecule has 0 bridgehead atoms. The highest BCUT2D eigenvalue weighted by Gasteiger charge is 2.37. The SMILES string of the molecule is C=CCC(O)=C(C#N)C(=S)Nc1cc(C(F)(F)F)cc(C(F)(F)F)c1. The summed E-state index contributed by atoms with van der Waals surface area (Å²) in [5.74, 6) is -0.516. The number of benzene rings is 1. The normalized spacial score (nSPS) is 12.8. The van der Waals surface area contributed by atoms with Crippen LogP contribution in [0, 0.1) is 11.3 Å². The molecule has 1 rings (SSSR count). The topological polar surface area (TPSA) is 56.0 Å². The fraction of sp³-hybridized carbons (Fsp3) is 0.200. The van der Waals surface area contributed by atoms with E-state index in [2.05, 4.69) is 11.9 Å². The Kier molecular flexibility index (Phi) is 6.20. The minimum Gasteiger partial charge on any atom is -0.510 e. The molecule has 0 aliphatic carbocycles. The van der Waals surface area contributed by atoms with E-state index in [1.165, 1.54) is 12.1 Å². The van der Waals surface area contributed by atoms with Crippen LogP contribution in [0.5, 0.6) is 0 Å². The lowest BCUT2D eigenvalue weighted by Crippen LogP contribution is -2.16. The quantitative estimate of drug-likeness (QED) is 0.184. The van der Waals surface area contributed by atoms with Gasteiger partial charge in [-0.1, -0.05) is 18.3 Å². The molecular formula is C15H10F6N2OS. The number of nitrogens with zero attached hydrogens (tertiary/aromatic N) is 1. The Balaban J connectivity index is 3.34. The van der Waals surface area contributed by atoms with Gasteiger partial charge in [-0.25, -0.2) is 0 Å². The van der Waals surface area contributed by atoms with E-state index in [4.69, 9.17) is 17.5 Å². The van der Waals surface area contributed by atoms with E-state index in [1.54, 1.807) is 0 Å². The zero-order valence-corrected chi connectivity index (χ0v) is 13.1. The number of aliphatic hydroxyl groups is 1. The van der Waals surface area contributed by atoms with Crippen molar-refractivity contribution >= 4 is 22.9 Å². The molecule has 0 unspecified atom stereocenters. The van der Waals surface area contributed by atoms with Gasteiger partial charge in [-0.2, -0.15) is 31.6 Å². The predicted molar refractivity (Wildman–Crippen MR) is 82.7 cm³/mol. The van der Waals surface area contributed by atoms with Gasteiger partial charge in [-0.15, -0.1) is 6.58 Å². The lowest BCUT2D eigenvalue weighted by atomic mass is 10.1. The van der Waals surface area contributed by atoms with Crippen molar-refractivity contribution in [3.63, 3.8) is 0 Å². The van der Waals surface area contributed by atoms with Gasteiger partial charge in [-0.05, 0) is 18.2 Å². The van der Waals surface area contributed by atoms with Crippen LogP contribution in [0.3, 0.4) is 0 Å². The van der Waals surface area contributed by atoms with E-state index in [1.807, 2.05) is 0 Å². The van der Waals surface area contributed by atoms with Gasteiger partial charge in [0.25, 0.3) is 0 Å². The van der Waals surface area contributed by atoms with Crippen molar-refractivity contribution in [1.29, 1.82) is 5.26 Å². The second-order valence-corrected chi connectivity index (χ2v) is 5.08. The van der Waals surface area contributed by atoms with Gasteiger partial charge in [0, 0.05) is 12.1 Å². The maximum atomic E-state index is 12.8. The van der Waals surface area contributed by atoms with Gasteiger partial charge >= 0.3 is 12.4 Å². The zero-order valence-electron chi connectivity index (χ0n) is 12.3. The minimum atomic E-state index is -5.02. The molecule has 0 aliphatic heterocycles. The smallest absolute Gasteiger partial charge is 0.416 e. The summed E-state index contributed by atoms with van der Waals surface area (Å²) in [6, 6.07) is 2.33. The first-order valence-electron chi connectivity index (χ1n) is 6.44. The molecule has 0 aliphatic rings. The molecule has 134 valence electrons. The number of nitriles is 1. The number of rotatable bonds is 4. The molecule has 0 heterocycles. The monoisotopic (exact) mass is 380 g/mol. The van der Waals surface area contributed by atoms with Crippen LogP contribution in [0.2, 0.25) is 0 Å². The predicted octanol–water partition coefficient (Wildman–Crippen LogP) is 5.38. The van der Waals surface area contributed by atoms with Crippen LogP contribution in [0.15, 0.2) is 42.2 Å². The first-order valence-corrected chi connectivity index (χ1v) is 6.85. The minimum absolute atomic E-state index is 0.0372. The van der Waals surface area contributed by atoms with Gasteiger partial charge in [-0.3, -0.25) is 0 Å².